The highest BCUT2D eigenvalue weighted by Gasteiger charge is 2.09. The second-order valence-corrected chi connectivity index (χ2v) is 6.06. The van der Waals surface area contributed by atoms with Crippen LogP contribution in [0.3, 0.4) is 0 Å². The van der Waals surface area contributed by atoms with Crippen molar-refractivity contribution in [1.82, 2.24) is 9.55 Å². The summed E-state index contributed by atoms with van der Waals surface area (Å²) in [6.45, 7) is 0. The molecule has 3 rings (SSSR count). The topological polar surface area (TPSA) is 17.8 Å². The molecule has 0 aliphatic heterocycles. The molecule has 2 nitrogen and oxygen atoms in total. The lowest BCUT2D eigenvalue weighted by atomic mass is 10.2. The zero-order chi connectivity index (χ0) is 12.5. The van der Waals surface area contributed by atoms with E-state index in [2.05, 4.69) is 27.0 Å². The van der Waals surface area contributed by atoms with Crippen molar-refractivity contribution in [1.29, 1.82) is 0 Å². The fourth-order valence-corrected chi connectivity index (χ4v) is 3.63. The molecule has 1 aromatic carbocycles. The van der Waals surface area contributed by atoms with Gasteiger partial charge in [0.1, 0.15) is 5.00 Å². The van der Waals surface area contributed by atoms with Crippen molar-refractivity contribution < 1.29 is 0 Å². The molecule has 0 atom stereocenters. The van der Waals surface area contributed by atoms with Crippen LogP contribution in [0.25, 0.3) is 15.4 Å². The molecule has 0 N–H and O–H groups in total. The number of benzene rings is 1. The molecule has 0 radical (unpaired) electrons. The maximum atomic E-state index is 5.90. The normalized spacial score (nSPS) is 10.8. The van der Waals surface area contributed by atoms with E-state index in [-0.39, 0.29) is 0 Å². The third kappa shape index (κ3) is 2.23. The molecule has 18 heavy (non-hydrogen) atoms. The highest BCUT2D eigenvalue weighted by Crippen LogP contribution is 2.37. The van der Waals surface area contributed by atoms with Gasteiger partial charge in [0.05, 0.1) is 10.8 Å². The molecule has 0 saturated carbocycles. The molecule has 0 unspecified atom stereocenters. The number of hydrogen-bond donors (Lipinski definition) is 0. The fourth-order valence-electron chi connectivity index (χ4n) is 1.67. The summed E-state index contributed by atoms with van der Waals surface area (Å²) in [6, 6.07) is 9.97. The third-order valence-corrected chi connectivity index (χ3v) is 4.85. The minimum absolute atomic E-state index is 0.754. The monoisotopic (exact) mass is 338 g/mol. The highest BCUT2D eigenvalue weighted by atomic mass is 79.9. The van der Waals surface area contributed by atoms with Crippen LogP contribution in [-0.4, -0.2) is 9.55 Å². The van der Waals surface area contributed by atoms with E-state index >= 15 is 0 Å². The Balaban J connectivity index is 2.05. The molecule has 2 heterocycles. The molecular formula is C13H8BrClN2S. The summed E-state index contributed by atoms with van der Waals surface area (Å²) in [5.41, 5.74) is 1.16. The Morgan fingerprint density at radius 1 is 1.22 bits per heavy atom. The van der Waals surface area contributed by atoms with Gasteiger partial charge >= 0.3 is 0 Å². The fraction of sp³-hybridized carbons (Fsp3) is 0. The second kappa shape index (κ2) is 4.88. The van der Waals surface area contributed by atoms with Crippen LogP contribution in [0.2, 0.25) is 5.02 Å². The third-order valence-electron chi connectivity index (χ3n) is 2.54. The van der Waals surface area contributed by atoms with Crippen molar-refractivity contribution in [2.24, 2.45) is 0 Å². The molecule has 0 aliphatic carbocycles. The number of nitrogens with zero attached hydrogens (tertiary/aromatic N) is 2. The lowest BCUT2D eigenvalue weighted by molar-refractivity contribution is 1.08. The first kappa shape index (κ1) is 12.0. The summed E-state index contributed by atoms with van der Waals surface area (Å²) in [4.78, 5) is 5.26. The van der Waals surface area contributed by atoms with Gasteiger partial charge in [-0.15, -0.1) is 11.3 Å². The molecule has 0 bridgehead atoms. The highest BCUT2D eigenvalue weighted by molar-refractivity contribution is 9.10. The van der Waals surface area contributed by atoms with Crippen molar-refractivity contribution in [2.75, 3.05) is 0 Å². The van der Waals surface area contributed by atoms with E-state index in [4.69, 9.17) is 11.6 Å². The Labute approximate surface area is 122 Å². The predicted molar refractivity (Wildman–Crippen MR) is 79.6 cm³/mol. The SMILES string of the molecule is Clc1ccc(-c2cc(Br)c(-n3ccnc3)s2)cc1. The largest absolute Gasteiger partial charge is 0.297 e. The summed E-state index contributed by atoms with van der Waals surface area (Å²) in [6.07, 6.45) is 5.50. The van der Waals surface area contributed by atoms with Crippen molar-refractivity contribution in [3.8, 4) is 15.4 Å². The molecule has 3 aromatic rings. The van der Waals surface area contributed by atoms with E-state index in [1.165, 1.54) is 4.88 Å². The Morgan fingerprint density at radius 2 is 2.00 bits per heavy atom. The van der Waals surface area contributed by atoms with Gasteiger partial charge in [-0.05, 0) is 39.7 Å². The molecule has 2 aromatic heterocycles. The molecule has 0 spiro atoms. The van der Waals surface area contributed by atoms with E-state index < -0.39 is 0 Å². The van der Waals surface area contributed by atoms with Gasteiger partial charge in [-0.2, -0.15) is 0 Å². The van der Waals surface area contributed by atoms with Crippen LogP contribution in [0.4, 0.5) is 0 Å². The minimum Gasteiger partial charge on any atom is -0.297 e. The van der Waals surface area contributed by atoms with Gasteiger partial charge in [-0.3, -0.25) is 4.57 Å². The maximum absolute atomic E-state index is 5.90. The van der Waals surface area contributed by atoms with E-state index in [0.29, 0.717) is 0 Å². The Bertz CT molecular complexity index is 659. The molecule has 0 aliphatic rings. The molecular weight excluding hydrogens is 332 g/mol. The maximum Gasteiger partial charge on any atom is 0.115 e. The Kier molecular flexibility index (Phi) is 3.24. The zero-order valence-electron chi connectivity index (χ0n) is 9.18. The van der Waals surface area contributed by atoms with Gasteiger partial charge in [-0.1, -0.05) is 23.7 Å². The van der Waals surface area contributed by atoms with Crippen LogP contribution in [0.5, 0.6) is 0 Å². The van der Waals surface area contributed by atoms with Crippen molar-refractivity contribution >= 4 is 38.9 Å². The average molecular weight is 340 g/mol. The van der Waals surface area contributed by atoms with E-state index in [1.807, 2.05) is 35.0 Å². The first-order valence-corrected chi connectivity index (χ1v) is 7.26. The second-order valence-electron chi connectivity index (χ2n) is 3.74. The molecule has 0 amide bonds. The van der Waals surface area contributed by atoms with Gasteiger partial charge in [0.25, 0.3) is 0 Å². The Hall–Kier alpha value is -1.10. The lowest BCUT2D eigenvalue weighted by Gasteiger charge is -1.98. The van der Waals surface area contributed by atoms with Crippen LogP contribution in [0.1, 0.15) is 0 Å². The van der Waals surface area contributed by atoms with E-state index in [0.717, 1.165) is 20.1 Å². The summed E-state index contributed by atoms with van der Waals surface area (Å²) >= 11 is 11.2. The van der Waals surface area contributed by atoms with Gasteiger partial charge in [0.2, 0.25) is 0 Å². The molecule has 90 valence electrons. The van der Waals surface area contributed by atoms with Gasteiger partial charge in [-0.25, -0.2) is 4.98 Å². The van der Waals surface area contributed by atoms with Gasteiger partial charge in [0.15, 0.2) is 0 Å². The van der Waals surface area contributed by atoms with Crippen LogP contribution < -0.4 is 0 Å². The number of imidazole rings is 1. The summed E-state index contributed by atoms with van der Waals surface area (Å²) < 4.78 is 3.06. The van der Waals surface area contributed by atoms with Crippen molar-refractivity contribution in [3.05, 3.63) is 58.5 Å². The van der Waals surface area contributed by atoms with Crippen LogP contribution in [0.15, 0.2) is 53.5 Å². The van der Waals surface area contributed by atoms with E-state index in [1.54, 1.807) is 23.9 Å². The van der Waals surface area contributed by atoms with Gasteiger partial charge < -0.3 is 0 Å². The number of hydrogen-bond acceptors (Lipinski definition) is 2. The molecule has 0 saturated heterocycles. The average Bonchev–Trinajstić information content (AvgIpc) is 2.99. The van der Waals surface area contributed by atoms with Gasteiger partial charge in [0, 0.05) is 22.3 Å². The summed E-state index contributed by atoms with van der Waals surface area (Å²) in [5.74, 6) is 0. The quantitative estimate of drug-likeness (QED) is 0.641. The lowest BCUT2D eigenvalue weighted by Crippen LogP contribution is -1.84. The van der Waals surface area contributed by atoms with Crippen LogP contribution >= 0.6 is 38.9 Å². The number of halogens is 2. The smallest absolute Gasteiger partial charge is 0.115 e. The first-order chi connectivity index (χ1) is 8.74. The van der Waals surface area contributed by atoms with Crippen molar-refractivity contribution in [2.45, 2.75) is 0 Å². The standard InChI is InChI=1S/C13H8BrClN2S/c14-11-7-12(9-1-3-10(15)4-2-9)18-13(11)17-6-5-16-8-17/h1-8H. The molecule has 0 fully saturated rings. The minimum atomic E-state index is 0.754. The summed E-state index contributed by atoms with van der Waals surface area (Å²) in [7, 11) is 0. The van der Waals surface area contributed by atoms with Crippen LogP contribution in [0, 0.1) is 0 Å². The number of rotatable bonds is 2. The van der Waals surface area contributed by atoms with Crippen LogP contribution in [-0.2, 0) is 0 Å². The number of aromatic nitrogens is 2. The molecule has 5 heteroatoms. The Morgan fingerprint density at radius 3 is 2.67 bits per heavy atom. The van der Waals surface area contributed by atoms with E-state index in [9.17, 15) is 0 Å². The first-order valence-electron chi connectivity index (χ1n) is 5.27. The number of thiophene rings is 1. The summed E-state index contributed by atoms with van der Waals surface area (Å²) in [5, 5.41) is 1.88. The predicted octanol–water partition coefficient (Wildman–Crippen LogP) is 5.02. The van der Waals surface area contributed by atoms with Crippen molar-refractivity contribution in [3.63, 3.8) is 0 Å². The zero-order valence-corrected chi connectivity index (χ0v) is 12.3.